The highest BCUT2D eigenvalue weighted by molar-refractivity contribution is 8.00. The van der Waals surface area contributed by atoms with Gasteiger partial charge in [0, 0.05) is 10.9 Å². The van der Waals surface area contributed by atoms with Crippen LogP contribution in [0.5, 0.6) is 0 Å². The van der Waals surface area contributed by atoms with Crippen LogP contribution in [0.15, 0.2) is 29.2 Å². The van der Waals surface area contributed by atoms with Crippen molar-refractivity contribution in [2.45, 2.75) is 51.0 Å². The molecule has 0 saturated carbocycles. The van der Waals surface area contributed by atoms with Crippen LogP contribution in [-0.4, -0.2) is 24.9 Å². The molecule has 0 bridgehead atoms. The molecule has 4 heteroatoms. The Balaban J connectivity index is 2.35. The maximum Gasteiger partial charge on any atom is 0.316 e. The number of unbranched alkanes of at least 4 members (excludes halogenated alkanes) is 1. The number of carbonyl (C=O) groups is 1. The lowest BCUT2D eigenvalue weighted by Crippen LogP contribution is -2.19. The first-order valence-corrected chi connectivity index (χ1v) is 8.77. The fraction of sp³-hybridized carbons (Fsp3) is 0.588. The van der Waals surface area contributed by atoms with Crippen molar-refractivity contribution in [2.75, 3.05) is 18.9 Å². The van der Waals surface area contributed by atoms with Crippen LogP contribution in [-0.2, 0) is 9.53 Å². The molecule has 1 rings (SSSR count). The van der Waals surface area contributed by atoms with E-state index in [1.165, 1.54) is 17.3 Å². The molecule has 0 aliphatic rings. The summed E-state index contributed by atoms with van der Waals surface area (Å²) in [6.45, 7) is 7.99. The highest BCUT2D eigenvalue weighted by Crippen LogP contribution is 2.21. The molecule has 118 valence electrons. The molecule has 1 atom stereocenters. The summed E-state index contributed by atoms with van der Waals surface area (Å²) in [5.41, 5.74) is 1.28. The average molecular weight is 309 g/mol. The monoisotopic (exact) mass is 309 g/mol. The van der Waals surface area contributed by atoms with Crippen LogP contribution in [0.1, 0.15) is 51.6 Å². The van der Waals surface area contributed by atoms with E-state index in [2.05, 4.69) is 50.4 Å². The molecule has 0 aromatic heterocycles. The Morgan fingerprint density at radius 2 is 1.95 bits per heavy atom. The van der Waals surface area contributed by atoms with E-state index in [4.69, 9.17) is 4.74 Å². The summed E-state index contributed by atoms with van der Waals surface area (Å²) in [5, 5.41) is 3.47. The Bertz CT molecular complexity index is 406. The minimum absolute atomic E-state index is 0.129. The van der Waals surface area contributed by atoms with Crippen LogP contribution < -0.4 is 5.32 Å². The highest BCUT2D eigenvalue weighted by atomic mass is 32.2. The van der Waals surface area contributed by atoms with Crippen molar-refractivity contribution in [1.82, 2.24) is 5.32 Å². The second kappa shape index (κ2) is 10.7. The fourth-order valence-corrected chi connectivity index (χ4v) is 2.54. The molecule has 0 aliphatic heterocycles. The van der Waals surface area contributed by atoms with E-state index in [-0.39, 0.29) is 5.97 Å². The van der Waals surface area contributed by atoms with Gasteiger partial charge in [0.1, 0.15) is 0 Å². The molecular weight excluding hydrogens is 282 g/mol. The molecule has 1 aromatic carbocycles. The first-order chi connectivity index (χ1) is 10.2. The normalized spacial score (nSPS) is 12.1. The smallest absolute Gasteiger partial charge is 0.316 e. The first kappa shape index (κ1) is 18.1. The van der Waals surface area contributed by atoms with Gasteiger partial charge in [-0.3, -0.25) is 4.79 Å². The number of rotatable bonds is 10. The van der Waals surface area contributed by atoms with Gasteiger partial charge in [-0.05, 0) is 44.0 Å². The second-order valence-corrected chi connectivity index (χ2v) is 6.16. The molecule has 1 aromatic rings. The van der Waals surface area contributed by atoms with E-state index in [9.17, 15) is 4.79 Å². The molecule has 0 radical (unpaired) electrons. The lowest BCUT2D eigenvalue weighted by molar-refractivity contribution is -0.140. The quantitative estimate of drug-likeness (QED) is 0.400. The average Bonchev–Trinajstić information content (AvgIpc) is 2.51. The van der Waals surface area contributed by atoms with Gasteiger partial charge in [-0.2, -0.15) is 0 Å². The third-order valence-electron chi connectivity index (χ3n) is 3.20. The lowest BCUT2D eigenvalue weighted by atomic mass is 10.1. The van der Waals surface area contributed by atoms with Crippen molar-refractivity contribution in [1.29, 1.82) is 0 Å². The van der Waals surface area contributed by atoms with Crippen LogP contribution in [0.4, 0.5) is 0 Å². The molecule has 0 heterocycles. The third-order valence-corrected chi connectivity index (χ3v) is 4.18. The largest absolute Gasteiger partial charge is 0.465 e. The summed E-state index contributed by atoms with van der Waals surface area (Å²) < 4.78 is 5.14. The fourth-order valence-electron chi connectivity index (χ4n) is 1.85. The maximum atomic E-state index is 11.5. The number of ether oxygens (including phenoxy) is 1. The van der Waals surface area contributed by atoms with Crippen LogP contribution in [0.2, 0.25) is 0 Å². The standard InChI is InChI=1S/C17H27NO2S/c1-4-6-12-20-17(19)13-21-16-9-7-15(8-10-16)14(3)18-11-5-2/h7-10,14,18H,4-6,11-13H2,1-3H3. The van der Waals surface area contributed by atoms with E-state index in [1.54, 1.807) is 0 Å². The van der Waals surface area contributed by atoms with Gasteiger partial charge in [0.15, 0.2) is 0 Å². The number of thioether (sulfide) groups is 1. The summed E-state index contributed by atoms with van der Waals surface area (Å²) in [5.74, 6) is 0.252. The zero-order chi connectivity index (χ0) is 15.5. The van der Waals surface area contributed by atoms with Gasteiger partial charge in [-0.25, -0.2) is 0 Å². The molecule has 0 spiro atoms. The van der Waals surface area contributed by atoms with Crippen LogP contribution in [0.3, 0.4) is 0 Å². The minimum Gasteiger partial charge on any atom is -0.465 e. The second-order valence-electron chi connectivity index (χ2n) is 5.11. The van der Waals surface area contributed by atoms with Gasteiger partial charge >= 0.3 is 5.97 Å². The Hall–Kier alpha value is -1.00. The zero-order valence-corrected chi connectivity index (χ0v) is 14.2. The van der Waals surface area contributed by atoms with Crippen LogP contribution in [0, 0.1) is 0 Å². The van der Waals surface area contributed by atoms with Gasteiger partial charge in [-0.15, -0.1) is 11.8 Å². The summed E-state index contributed by atoms with van der Waals surface area (Å²) in [4.78, 5) is 12.6. The molecule has 0 amide bonds. The molecule has 0 saturated heterocycles. The molecule has 1 N–H and O–H groups in total. The summed E-state index contributed by atoms with van der Waals surface area (Å²) in [7, 11) is 0. The van der Waals surface area contributed by atoms with Crippen LogP contribution >= 0.6 is 11.8 Å². The zero-order valence-electron chi connectivity index (χ0n) is 13.4. The highest BCUT2D eigenvalue weighted by Gasteiger charge is 2.06. The van der Waals surface area contributed by atoms with Gasteiger partial charge in [-0.1, -0.05) is 32.4 Å². The number of esters is 1. The maximum absolute atomic E-state index is 11.5. The van der Waals surface area contributed by atoms with E-state index in [0.717, 1.165) is 30.7 Å². The number of carbonyl (C=O) groups excluding carboxylic acids is 1. The SMILES string of the molecule is CCCCOC(=O)CSc1ccc(C(C)NCCC)cc1. The molecule has 3 nitrogen and oxygen atoms in total. The number of nitrogens with one attached hydrogen (secondary N) is 1. The number of hydrogen-bond donors (Lipinski definition) is 1. The van der Waals surface area contributed by atoms with E-state index >= 15 is 0 Å². The van der Waals surface area contributed by atoms with Crippen LogP contribution in [0.25, 0.3) is 0 Å². The van der Waals surface area contributed by atoms with Crippen molar-refractivity contribution < 1.29 is 9.53 Å². The topological polar surface area (TPSA) is 38.3 Å². The Labute approximate surface area is 132 Å². The first-order valence-electron chi connectivity index (χ1n) is 7.79. The molecule has 21 heavy (non-hydrogen) atoms. The van der Waals surface area contributed by atoms with Gasteiger partial charge < -0.3 is 10.1 Å². The molecular formula is C17H27NO2S. The number of hydrogen-bond acceptors (Lipinski definition) is 4. The Morgan fingerprint density at radius 1 is 1.24 bits per heavy atom. The molecule has 1 unspecified atom stereocenters. The van der Waals surface area contributed by atoms with Gasteiger partial charge in [0.05, 0.1) is 12.4 Å². The summed E-state index contributed by atoms with van der Waals surface area (Å²) >= 11 is 1.53. The van der Waals surface area contributed by atoms with Crippen molar-refractivity contribution in [3.05, 3.63) is 29.8 Å². The number of benzene rings is 1. The Morgan fingerprint density at radius 3 is 2.57 bits per heavy atom. The predicted molar refractivity (Wildman–Crippen MR) is 89.7 cm³/mol. The third kappa shape index (κ3) is 7.53. The van der Waals surface area contributed by atoms with E-state index in [1.807, 2.05) is 0 Å². The summed E-state index contributed by atoms with van der Waals surface area (Å²) in [6, 6.07) is 8.76. The van der Waals surface area contributed by atoms with E-state index < -0.39 is 0 Å². The van der Waals surface area contributed by atoms with Crippen molar-refractivity contribution in [3.8, 4) is 0 Å². The minimum atomic E-state index is -0.129. The van der Waals surface area contributed by atoms with Gasteiger partial charge in [0.2, 0.25) is 0 Å². The van der Waals surface area contributed by atoms with E-state index in [0.29, 0.717) is 18.4 Å². The molecule has 0 fully saturated rings. The Kier molecular flexibility index (Phi) is 9.19. The summed E-state index contributed by atoms with van der Waals surface area (Å²) in [6.07, 6.45) is 3.12. The van der Waals surface area contributed by atoms with Crippen molar-refractivity contribution >= 4 is 17.7 Å². The lowest BCUT2D eigenvalue weighted by Gasteiger charge is -2.14. The predicted octanol–water partition coefficient (Wildman–Crippen LogP) is 4.18. The molecule has 0 aliphatic carbocycles. The van der Waals surface area contributed by atoms with Crippen molar-refractivity contribution in [2.24, 2.45) is 0 Å². The van der Waals surface area contributed by atoms with Gasteiger partial charge in [0.25, 0.3) is 0 Å². The van der Waals surface area contributed by atoms with Crippen molar-refractivity contribution in [3.63, 3.8) is 0 Å².